The SMILES string of the molecule is COc1cc(C=O)ccc1OCC(N)(O)C(O)C#N. The van der Waals surface area contributed by atoms with Crippen molar-refractivity contribution in [2.75, 3.05) is 13.7 Å². The Morgan fingerprint density at radius 3 is 2.79 bits per heavy atom. The zero-order valence-electron chi connectivity index (χ0n) is 10.2. The van der Waals surface area contributed by atoms with E-state index in [0.29, 0.717) is 11.8 Å². The van der Waals surface area contributed by atoms with Gasteiger partial charge in [-0.05, 0) is 18.2 Å². The second-order valence-electron chi connectivity index (χ2n) is 3.84. The third kappa shape index (κ3) is 3.66. The van der Waals surface area contributed by atoms with Crippen LogP contribution in [0.4, 0.5) is 0 Å². The van der Waals surface area contributed by atoms with E-state index >= 15 is 0 Å². The number of hydrogen-bond donors (Lipinski definition) is 3. The van der Waals surface area contributed by atoms with Crippen molar-refractivity contribution in [2.24, 2.45) is 5.73 Å². The molecule has 0 bridgehead atoms. The molecular formula is C12H14N2O5. The van der Waals surface area contributed by atoms with E-state index in [1.54, 1.807) is 0 Å². The normalized spacial score (nSPS) is 14.9. The molecule has 0 spiro atoms. The second-order valence-corrected chi connectivity index (χ2v) is 3.84. The summed E-state index contributed by atoms with van der Waals surface area (Å²) in [6, 6.07) is 5.80. The molecule has 7 nitrogen and oxygen atoms in total. The van der Waals surface area contributed by atoms with E-state index in [0.717, 1.165) is 0 Å². The van der Waals surface area contributed by atoms with Gasteiger partial charge in [-0.3, -0.25) is 10.5 Å². The van der Waals surface area contributed by atoms with Crippen LogP contribution in [0.2, 0.25) is 0 Å². The van der Waals surface area contributed by atoms with Crippen LogP contribution in [0.15, 0.2) is 18.2 Å². The highest BCUT2D eigenvalue weighted by molar-refractivity contribution is 5.76. The van der Waals surface area contributed by atoms with Crippen molar-refractivity contribution < 1.29 is 24.5 Å². The largest absolute Gasteiger partial charge is 0.493 e. The fourth-order valence-corrected chi connectivity index (χ4v) is 1.26. The number of nitrogens with zero attached hydrogens (tertiary/aromatic N) is 1. The molecular weight excluding hydrogens is 252 g/mol. The lowest BCUT2D eigenvalue weighted by Gasteiger charge is -2.24. The van der Waals surface area contributed by atoms with Crippen LogP contribution in [0.1, 0.15) is 10.4 Å². The quantitative estimate of drug-likeness (QED) is 0.357. The highest BCUT2D eigenvalue weighted by atomic mass is 16.5. The summed E-state index contributed by atoms with van der Waals surface area (Å²) < 4.78 is 10.2. The van der Waals surface area contributed by atoms with Gasteiger partial charge in [-0.25, -0.2) is 0 Å². The summed E-state index contributed by atoms with van der Waals surface area (Å²) in [5.74, 6) is 0.494. The number of rotatable bonds is 6. The first-order chi connectivity index (χ1) is 8.94. The van der Waals surface area contributed by atoms with Gasteiger partial charge in [-0.1, -0.05) is 0 Å². The Balaban J connectivity index is 2.84. The fourth-order valence-electron chi connectivity index (χ4n) is 1.26. The molecule has 0 aliphatic heterocycles. The Hall–Kier alpha value is -2.14. The first-order valence-electron chi connectivity index (χ1n) is 5.29. The molecule has 0 saturated carbocycles. The van der Waals surface area contributed by atoms with Crippen LogP contribution >= 0.6 is 0 Å². The topological polar surface area (TPSA) is 126 Å². The Morgan fingerprint density at radius 2 is 2.26 bits per heavy atom. The third-order valence-electron chi connectivity index (χ3n) is 2.38. The maximum Gasteiger partial charge on any atom is 0.188 e. The molecule has 0 aliphatic carbocycles. The predicted molar refractivity (Wildman–Crippen MR) is 64.6 cm³/mol. The van der Waals surface area contributed by atoms with Gasteiger partial charge in [0, 0.05) is 5.56 Å². The molecule has 0 aromatic heterocycles. The van der Waals surface area contributed by atoms with Crippen molar-refractivity contribution in [3.05, 3.63) is 23.8 Å². The molecule has 0 heterocycles. The molecule has 0 amide bonds. The maximum atomic E-state index is 10.6. The minimum atomic E-state index is -2.21. The highest BCUT2D eigenvalue weighted by Crippen LogP contribution is 2.28. The van der Waals surface area contributed by atoms with Gasteiger partial charge in [0.25, 0.3) is 0 Å². The number of carbonyl (C=O) groups excluding carboxylic acids is 1. The number of nitriles is 1. The van der Waals surface area contributed by atoms with Crippen molar-refractivity contribution in [1.29, 1.82) is 5.26 Å². The van der Waals surface area contributed by atoms with Crippen LogP contribution in [0.5, 0.6) is 11.5 Å². The number of aliphatic hydroxyl groups excluding tert-OH is 1. The highest BCUT2D eigenvalue weighted by Gasteiger charge is 2.32. The van der Waals surface area contributed by atoms with E-state index in [2.05, 4.69) is 0 Å². The summed E-state index contributed by atoms with van der Waals surface area (Å²) in [7, 11) is 1.38. The standard InChI is InChI=1S/C12H14N2O5/c1-18-10-4-8(6-15)2-3-9(10)19-7-12(14,17)11(16)5-13/h2-4,6,11,16-17H,7,14H2,1H3. The lowest BCUT2D eigenvalue weighted by Crippen LogP contribution is -2.54. The molecule has 2 unspecified atom stereocenters. The number of nitrogens with two attached hydrogens (primary N) is 1. The second kappa shape index (κ2) is 6.15. The molecule has 1 aromatic rings. The number of ether oxygens (including phenoxy) is 2. The minimum Gasteiger partial charge on any atom is -0.493 e. The predicted octanol–water partition coefficient (Wildman–Crippen LogP) is -0.582. The monoisotopic (exact) mass is 266 g/mol. The average molecular weight is 266 g/mol. The summed E-state index contributed by atoms with van der Waals surface area (Å²) >= 11 is 0. The van der Waals surface area contributed by atoms with Crippen LogP contribution in [0, 0.1) is 11.3 Å². The van der Waals surface area contributed by atoms with Crippen molar-refractivity contribution >= 4 is 6.29 Å². The number of benzene rings is 1. The lowest BCUT2D eigenvalue weighted by molar-refractivity contribution is -0.0721. The third-order valence-corrected chi connectivity index (χ3v) is 2.38. The smallest absolute Gasteiger partial charge is 0.188 e. The Bertz CT molecular complexity index is 495. The van der Waals surface area contributed by atoms with Gasteiger partial charge in [0.15, 0.2) is 23.3 Å². The van der Waals surface area contributed by atoms with E-state index in [9.17, 15) is 15.0 Å². The molecule has 2 atom stereocenters. The first-order valence-corrected chi connectivity index (χ1v) is 5.29. The molecule has 7 heteroatoms. The molecule has 4 N–H and O–H groups in total. The Kier molecular flexibility index (Phi) is 4.83. The van der Waals surface area contributed by atoms with Crippen LogP contribution in [0.3, 0.4) is 0 Å². The number of methoxy groups -OCH3 is 1. The summed E-state index contributed by atoms with van der Waals surface area (Å²) in [5.41, 5.74) is 3.51. The van der Waals surface area contributed by atoms with E-state index in [4.69, 9.17) is 20.5 Å². The van der Waals surface area contributed by atoms with E-state index in [1.165, 1.54) is 31.4 Å². The molecule has 0 fully saturated rings. The number of carbonyl (C=O) groups is 1. The van der Waals surface area contributed by atoms with Crippen LogP contribution in [-0.2, 0) is 0 Å². The summed E-state index contributed by atoms with van der Waals surface area (Å²) in [4.78, 5) is 10.6. The Labute approximate surface area is 109 Å². The fraction of sp³-hybridized carbons (Fsp3) is 0.333. The molecule has 1 aromatic carbocycles. The van der Waals surface area contributed by atoms with Gasteiger partial charge in [-0.2, -0.15) is 5.26 Å². The average Bonchev–Trinajstić information content (AvgIpc) is 2.43. The molecule has 0 radical (unpaired) electrons. The number of hydrogen-bond acceptors (Lipinski definition) is 7. The van der Waals surface area contributed by atoms with Gasteiger partial charge in [0.05, 0.1) is 13.2 Å². The first kappa shape index (κ1) is 14.9. The number of aldehydes is 1. The van der Waals surface area contributed by atoms with Gasteiger partial charge >= 0.3 is 0 Å². The maximum absolute atomic E-state index is 10.6. The van der Waals surface area contributed by atoms with E-state index in [1.807, 2.05) is 0 Å². The molecule has 0 aliphatic rings. The van der Waals surface area contributed by atoms with Gasteiger partial charge in [-0.15, -0.1) is 0 Å². The van der Waals surface area contributed by atoms with E-state index < -0.39 is 18.4 Å². The summed E-state index contributed by atoms with van der Waals surface area (Å²) in [5, 5.41) is 27.2. The van der Waals surface area contributed by atoms with E-state index in [-0.39, 0.29) is 11.5 Å². The number of aliphatic hydroxyl groups is 2. The van der Waals surface area contributed by atoms with Crippen LogP contribution < -0.4 is 15.2 Å². The van der Waals surface area contributed by atoms with Crippen LogP contribution in [0.25, 0.3) is 0 Å². The molecule has 102 valence electrons. The minimum absolute atomic E-state index is 0.224. The van der Waals surface area contributed by atoms with Crippen molar-refractivity contribution in [3.8, 4) is 17.6 Å². The molecule has 0 saturated heterocycles. The Morgan fingerprint density at radius 1 is 1.58 bits per heavy atom. The van der Waals surface area contributed by atoms with Gasteiger partial charge < -0.3 is 19.7 Å². The van der Waals surface area contributed by atoms with Gasteiger partial charge in [0.2, 0.25) is 0 Å². The molecule has 1 rings (SSSR count). The van der Waals surface area contributed by atoms with Gasteiger partial charge in [0.1, 0.15) is 12.9 Å². The van der Waals surface area contributed by atoms with Crippen molar-refractivity contribution in [3.63, 3.8) is 0 Å². The van der Waals surface area contributed by atoms with Crippen molar-refractivity contribution in [1.82, 2.24) is 0 Å². The van der Waals surface area contributed by atoms with Crippen molar-refractivity contribution in [2.45, 2.75) is 11.8 Å². The summed E-state index contributed by atoms with van der Waals surface area (Å²) in [6.07, 6.45) is -1.14. The summed E-state index contributed by atoms with van der Waals surface area (Å²) in [6.45, 7) is -0.515. The lowest BCUT2D eigenvalue weighted by atomic mass is 10.1. The molecule has 19 heavy (non-hydrogen) atoms. The zero-order chi connectivity index (χ0) is 14.5. The zero-order valence-corrected chi connectivity index (χ0v) is 10.2. The van der Waals surface area contributed by atoms with Crippen LogP contribution in [-0.4, -0.2) is 42.0 Å².